The molecule has 3 aromatic carbocycles. The molecule has 0 saturated heterocycles. The monoisotopic (exact) mass is 546 g/mol. The van der Waals surface area contributed by atoms with Gasteiger partial charge >= 0.3 is 17.3 Å². The number of sulfonamides is 1. The van der Waals surface area contributed by atoms with Crippen LogP contribution in [0.25, 0.3) is 22.2 Å². The van der Waals surface area contributed by atoms with Gasteiger partial charge in [-0.2, -0.15) is 13.2 Å². The van der Waals surface area contributed by atoms with Crippen molar-refractivity contribution in [1.82, 2.24) is 9.97 Å². The molecule has 0 atom stereocenters. The van der Waals surface area contributed by atoms with Crippen LogP contribution >= 0.6 is 0 Å². The highest BCUT2D eigenvalue weighted by molar-refractivity contribution is 7.92. The first-order valence-corrected chi connectivity index (χ1v) is 12.4. The van der Waals surface area contributed by atoms with E-state index in [-0.39, 0.29) is 50.6 Å². The Morgan fingerprint density at radius 2 is 1.61 bits per heavy atom. The van der Waals surface area contributed by atoms with Gasteiger partial charge in [0, 0.05) is 5.69 Å². The third-order valence-corrected chi connectivity index (χ3v) is 7.33. The molecule has 4 aromatic rings. The van der Waals surface area contributed by atoms with E-state index in [4.69, 9.17) is 4.74 Å². The topological polar surface area (TPSA) is 150 Å². The molecule has 1 amide bonds. The van der Waals surface area contributed by atoms with Crippen LogP contribution in [0.3, 0.4) is 0 Å². The minimum absolute atomic E-state index is 0.0235. The van der Waals surface area contributed by atoms with Crippen molar-refractivity contribution in [1.29, 1.82) is 0 Å². The molecule has 0 fully saturated rings. The lowest BCUT2D eigenvalue weighted by atomic mass is 9.98. The zero-order valence-corrected chi connectivity index (χ0v) is 20.1. The fourth-order valence-electron chi connectivity index (χ4n) is 4.10. The Bertz CT molecular complexity index is 1860. The van der Waals surface area contributed by atoms with Gasteiger partial charge in [0.05, 0.1) is 27.2 Å². The number of carbonyl (C=O) groups is 1. The van der Waals surface area contributed by atoms with E-state index < -0.39 is 38.8 Å². The number of alkyl halides is 3. The quantitative estimate of drug-likeness (QED) is 0.289. The maximum atomic E-state index is 14.0. The van der Waals surface area contributed by atoms with E-state index in [1.807, 2.05) is 0 Å². The van der Waals surface area contributed by atoms with Crippen molar-refractivity contribution in [2.75, 3.05) is 16.6 Å². The number of ether oxygens (including phenoxy) is 1. The molecule has 10 nitrogen and oxygen atoms in total. The van der Waals surface area contributed by atoms with Crippen LogP contribution in [0.4, 0.5) is 24.5 Å². The molecule has 196 valence electrons. The minimum Gasteiger partial charge on any atom is -0.482 e. The maximum Gasteiger partial charge on any atom is 0.417 e. The summed E-state index contributed by atoms with van der Waals surface area (Å²) in [6, 6.07) is 9.55. The number of H-pyrrole nitrogens is 2. The number of aromatic amines is 2. The van der Waals surface area contributed by atoms with E-state index in [2.05, 4.69) is 20.0 Å². The molecular formula is C24H17F3N4O6S. The molecule has 1 aromatic heterocycles. The number of anilines is 2. The molecule has 14 heteroatoms. The lowest BCUT2D eigenvalue weighted by Gasteiger charge is -2.20. The van der Waals surface area contributed by atoms with E-state index >= 15 is 0 Å². The average Bonchev–Trinajstić information content (AvgIpc) is 2.83. The van der Waals surface area contributed by atoms with E-state index in [1.54, 1.807) is 0 Å². The summed E-state index contributed by atoms with van der Waals surface area (Å²) in [6.07, 6.45) is -4.85. The minimum atomic E-state index is -4.85. The zero-order valence-electron chi connectivity index (χ0n) is 19.3. The standard InChI is InChI=1S/C24H17F3N4O6S/c1-11-6-16-17(30-23(34)22(33)29-16)9-20(11)38(35,36)31-13-3-4-14(15(8-13)24(25,26)27)12-2-5-19-18(7-12)28-21(32)10-37-19/h2-9,31H,10H2,1H3,(H,28,32)(H,29,33)(H,30,34). The van der Waals surface area contributed by atoms with Crippen molar-refractivity contribution >= 4 is 38.3 Å². The molecule has 1 aliphatic heterocycles. The molecule has 4 N–H and O–H groups in total. The Hall–Kier alpha value is -4.59. The van der Waals surface area contributed by atoms with Gasteiger partial charge in [-0.3, -0.25) is 19.1 Å². The van der Waals surface area contributed by atoms with Gasteiger partial charge in [-0.1, -0.05) is 12.1 Å². The molecular weight excluding hydrogens is 529 g/mol. The van der Waals surface area contributed by atoms with Gasteiger partial charge in [0.25, 0.3) is 15.9 Å². The summed E-state index contributed by atoms with van der Waals surface area (Å²) in [5.41, 5.74) is -2.90. The Kier molecular flexibility index (Phi) is 5.78. The van der Waals surface area contributed by atoms with Crippen molar-refractivity contribution < 1.29 is 31.1 Å². The van der Waals surface area contributed by atoms with Crippen molar-refractivity contribution in [3.05, 3.63) is 80.4 Å². The highest BCUT2D eigenvalue weighted by Gasteiger charge is 2.35. The van der Waals surface area contributed by atoms with Crippen LogP contribution in [-0.4, -0.2) is 30.9 Å². The maximum absolute atomic E-state index is 14.0. The molecule has 0 radical (unpaired) electrons. The van der Waals surface area contributed by atoms with Crippen LogP contribution in [0.5, 0.6) is 5.75 Å². The Morgan fingerprint density at radius 3 is 2.29 bits per heavy atom. The summed E-state index contributed by atoms with van der Waals surface area (Å²) < 4.78 is 75.8. The number of hydrogen-bond acceptors (Lipinski definition) is 6. The number of aryl methyl sites for hydroxylation is 1. The SMILES string of the molecule is Cc1cc2[nH]c(=O)c(=O)[nH]c2cc1S(=O)(=O)Nc1ccc(-c2ccc3c(c2)NC(=O)CO3)c(C(F)(F)F)c1. The number of benzene rings is 3. The summed E-state index contributed by atoms with van der Waals surface area (Å²) in [6.45, 7) is 1.22. The molecule has 0 saturated carbocycles. The number of carbonyl (C=O) groups excluding carboxylic acids is 1. The summed E-state index contributed by atoms with van der Waals surface area (Å²) in [5, 5.41) is 2.53. The van der Waals surface area contributed by atoms with Gasteiger partial charge in [-0.05, 0) is 60.0 Å². The summed E-state index contributed by atoms with van der Waals surface area (Å²) in [4.78, 5) is 39.1. The van der Waals surface area contributed by atoms with Gasteiger partial charge < -0.3 is 20.0 Å². The second-order valence-corrected chi connectivity index (χ2v) is 10.1. The van der Waals surface area contributed by atoms with Crippen LogP contribution in [0.15, 0.2) is 63.0 Å². The van der Waals surface area contributed by atoms with Crippen LogP contribution in [0.1, 0.15) is 11.1 Å². The molecule has 5 rings (SSSR count). The largest absolute Gasteiger partial charge is 0.482 e. The van der Waals surface area contributed by atoms with E-state index in [0.717, 1.165) is 12.1 Å². The highest BCUT2D eigenvalue weighted by Crippen LogP contribution is 2.41. The van der Waals surface area contributed by atoms with E-state index in [1.165, 1.54) is 37.3 Å². The number of fused-ring (bicyclic) bond motifs is 2. The van der Waals surface area contributed by atoms with Crippen LogP contribution in [-0.2, 0) is 21.0 Å². The van der Waals surface area contributed by atoms with Crippen molar-refractivity contribution in [2.45, 2.75) is 18.0 Å². The molecule has 0 spiro atoms. The number of halogens is 3. The first kappa shape index (κ1) is 25.1. The normalized spacial score (nSPS) is 13.5. The smallest absolute Gasteiger partial charge is 0.417 e. The van der Waals surface area contributed by atoms with Gasteiger partial charge in [-0.25, -0.2) is 8.42 Å². The Labute approximate surface area is 211 Å². The summed E-state index contributed by atoms with van der Waals surface area (Å²) in [7, 11) is -4.41. The lowest BCUT2D eigenvalue weighted by molar-refractivity contribution is -0.137. The third-order valence-electron chi connectivity index (χ3n) is 5.81. The molecule has 0 aliphatic carbocycles. The molecule has 38 heavy (non-hydrogen) atoms. The average molecular weight is 546 g/mol. The Morgan fingerprint density at radius 1 is 0.921 bits per heavy atom. The fraction of sp³-hybridized carbons (Fsp3) is 0.125. The number of rotatable bonds is 4. The van der Waals surface area contributed by atoms with Crippen molar-refractivity contribution in [2.24, 2.45) is 0 Å². The van der Waals surface area contributed by atoms with Crippen LogP contribution < -0.4 is 25.9 Å². The molecule has 0 unspecified atom stereocenters. The predicted octanol–water partition coefficient (Wildman–Crippen LogP) is 3.34. The zero-order chi connectivity index (χ0) is 27.4. The molecule has 2 heterocycles. The van der Waals surface area contributed by atoms with Gasteiger partial charge in [-0.15, -0.1) is 0 Å². The van der Waals surface area contributed by atoms with E-state index in [0.29, 0.717) is 11.8 Å². The van der Waals surface area contributed by atoms with Gasteiger partial charge in [0.2, 0.25) is 0 Å². The van der Waals surface area contributed by atoms with Crippen LogP contribution in [0, 0.1) is 6.92 Å². The first-order valence-electron chi connectivity index (χ1n) is 10.9. The number of amides is 1. The molecule has 1 aliphatic rings. The third kappa shape index (κ3) is 4.61. The van der Waals surface area contributed by atoms with Crippen molar-refractivity contribution in [3.8, 4) is 16.9 Å². The van der Waals surface area contributed by atoms with Crippen molar-refractivity contribution in [3.63, 3.8) is 0 Å². The molecule has 0 bridgehead atoms. The number of nitrogens with one attached hydrogen (secondary N) is 4. The van der Waals surface area contributed by atoms with E-state index in [9.17, 15) is 36.0 Å². The highest BCUT2D eigenvalue weighted by atomic mass is 32.2. The summed E-state index contributed by atoms with van der Waals surface area (Å²) in [5.74, 6) is -0.141. The number of aromatic nitrogens is 2. The summed E-state index contributed by atoms with van der Waals surface area (Å²) >= 11 is 0. The predicted molar refractivity (Wildman–Crippen MR) is 132 cm³/mol. The second kappa shape index (κ2) is 8.76. The lowest BCUT2D eigenvalue weighted by Crippen LogP contribution is -2.29. The first-order chi connectivity index (χ1) is 17.8. The van der Waals surface area contributed by atoms with Crippen LogP contribution in [0.2, 0.25) is 0 Å². The number of hydrogen-bond donors (Lipinski definition) is 4. The Balaban J connectivity index is 1.55. The van der Waals surface area contributed by atoms with Gasteiger partial charge in [0.1, 0.15) is 5.75 Å². The fourth-order valence-corrected chi connectivity index (χ4v) is 5.40. The second-order valence-electron chi connectivity index (χ2n) is 8.48. The van der Waals surface area contributed by atoms with Gasteiger partial charge in [0.15, 0.2) is 6.61 Å².